The van der Waals surface area contributed by atoms with E-state index in [4.69, 9.17) is 0 Å². The van der Waals surface area contributed by atoms with Crippen molar-refractivity contribution in [2.24, 2.45) is 0 Å². The van der Waals surface area contributed by atoms with Gasteiger partial charge >= 0.3 is 0 Å². The van der Waals surface area contributed by atoms with Gasteiger partial charge < -0.3 is 10.6 Å². The zero-order valence-electron chi connectivity index (χ0n) is 11.0. The monoisotopic (exact) mass is 273 g/mol. The van der Waals surface area contributed by atoms with Crippen LogP contribution in [0.3, 0.4) is 0 Å². The highest BCUT2D eigenvalue weighted by molar-refractivity contribution is 5.54. The third-order valence-corrected chi connectivity index (χ3v) is 2.72. The average Bonchev–Trinajstić information content (AvgIpc) is 2.48. The first-order chi connectivity index (χ1) is 9.69. The van der Waals surface area contributed by atoms with E-state index in [1.165, 1.54) is 12.1 Å². The number of anilines is 2. The van der Waals surface area contributed by atoms with Crippen LogP contribution in [0.2, 0.25) is 0 Å². The molecule has 0 aliphatic heterocycles. The smallest absolute Gasteiger partial charge is 0.276 e. The summed E-state index contributed by atoms with van der Waals surface area (Å²) in [6.07, 6.45) is 4.28. The molecule has 0 spiro atoms. The van der Waals surface area contributed by atoms with Crippen molar-refractivity contribution in [3.05, 3.63) is 52.3 Å². The SMILES string of the molecule is CNc1cc([N+](=O)[O-])cc(NCCc2cccnc2)n1. The number of nitro groups is 1. The summed E-state index contributed by atoms with van der Waals surface area (Å²) in [5.41, 5.74) is 1.10. The van der Waals surface area contributed by atoms with Crippen molar-refractivity contribution >= 4 is 17.3 Å². The van der Waals surface area contributed by atoms with Gasteiger partial charge in [0.15, 0.2) is 0 Å². The molecule has 2 N–H and O–H groups in total. The number of nitrogens with one attached hydrogen (secondary N) is 2. The maximum Gasteiger partial charge on any atom is 0.276 e. The molecule has 0 amide bonds. The fraction of sp³-hybridized carbons (Fsp3) is 0.231. The molecule has 0 aromatic carbocycles. The predicted molar refractivity (Wildman–Crippen MR) is 76.9 cm³/mol. The minimum absolute atomic E-state index is 0.00762. The Morgan fingerprint density at radius 2 is 2.15 bits per heavy atom. The molecular formula is C13H15N5O2. The van der Waals surface area contributed by atoms with Crippen molar-refractivity contribution in [2.45, 2.75) is 6.42 Å². The van der Waals surface area contributed by atoms with E-state index in [9.17, 15) is 10.1 Å². The molecule has 20 heavy (non-hydrogen) atoms. The molecule has 0 fully saturated rings. The Hall–Kier alpha value is -2.70. The minimum atomic E-state index is -0.436. The van der Waals surface area contributed by atoms with Crippen molar-refractivity contribution in [3.8, 4) is 0 Å². The van der Waals surface area contributed by atoms with Crippen LogP contribution in [0.5, 0.6) is 0 Å². The summed E-state index contributed by atoms with van der Waals surface area (Å²) in [5.74, 6) is 0.940. The van der Waals surface area contributed by atoms with Gasteiger partial charge in [-0.3, -0.25) is 15.1 Å². The maximum absolute atomic E-state index is 10.8. The lowest BCUT2D eigenvalue weighted by molar-refractivity contribution is -0.384. The first kappa shape index (κ1) is 13.7. The standard InChI is InChI=1S/C13H15N5O2/c1-14-12-7-11(18(19)20)8-13(17-12)16-6-4-10-3-2-5-15-9-10/h2-3,5,7-9H,4,6H2,1H3,(H2,14,16,17). The van der Waals surface area contributed by atoms with Gasteiger partial charge in [-0.25, -0.2) is 4.98 Å². The molecule has 0 unspecified atom stereocenters. The van der Waals surface area contributed by atoms with Gasteiger partial charge in [-0.15, -0.1) is 0 Å². The number of aromatic nitrogens is 2. The Bertz CT molecular complexity index is 589. The van der Waals surface area contributed by atoms with Gasteiger partial charge in [0.1, 0.15) is 11.6 Å². The Morgan fingerprint density at radius 1 is 1.35 bits per heavy atom. The highest BCUT2D eigenvalue weighted by Crippen LogP contribution is 2.20. The third-order valence-electron chi connectivity index (χ3n) is 2.72. The lowest BCUT2D eigenvalue weighted by Crippen LogP contribution is -2.08. The van der Waals surface area contributed by atoms with Crippen molar-refractivity contribution in [1.82, 2.24) is 9.97 Å². The molecule has 2 heterocycles. The van der Waals surface area contributed by atoms with E-state index in [0.29, 0.717) is 18.2 Å². The Morgan fingerprint density at radius 3 is 2.80 bits per heavy atom. The lowest BCUT2D eigenvalue weighted by atomic mass is 10.2. The molecule has 0 aliphatic carbocycles. The van der Waals surface area contributed by atoms with Gasteiger partial charge in [0.25, 0.3) is 5.69 Å². The summed E-state index contributed by atoms with van der Waals surface area (Å²) in [6.45, 7) is 0.628. The molecule has 0 atom stereocenters. The highest BCUT2D eigenvalue weighted by atomic mass is 16.6. The zero-order chi connectivity index (χ0) is 14.4. The molecule has 7 nitrogen and oxygen atoms in total. The van der Waals surface area contributed by atoms with Gasteiger partial charge in [0.05, 0.1) is 17.1 Å². The summed E-state index contributed by atoms with van der Waals surface area (Å²) < 4.78 is 0. The summed E-state index contributed by atoms with van der Waals surface area (Å²) >= 11 is 0. The fourth-order valence-electron chi connectivity index (χ4n) is 1.72. The number of rotatable bonds is 6. The fourth-order valence-corrected chi connectivity index (χ4v) is 1.72. The molecule has 0 radical (unpaired) electrons. The van der Waals surface area contributed by atoms with E-state index in [1.807, 2.05) is 12.1 Å². The van der Waals surface area contributed by atoms with Crippen molar-refractivity contribution < 1.29 is 4.92 Å². The summed E-state index contributed by atoms with van der Waals surface area (Å²) in [7, 11) is 1.67. The van der Waals surface area contributed by atoms with Gasteiger partial charge in [0, 0.05) is 26.0 Å². The third kappa shape index (κ3) is 3.64. The second kappa shape index (κ2) is 6.46. The molecule has 0 aliphatic rings. The van der Waals surface area contributed by atoms with Crippen molar-refractivity contribution in [3.63, 3.8) is 0 Å². The lowest BCUT2D eigenvalue weighted by Gasteiger charge is -2.07. The zero-order valence-corrected chi connectivity index (χ0v) is 11.0. The van der Waals surface area contributed by atoms with Gasteiger partial charge in [-0.2, -0.15) is 0 Å². The Labute approximate surface area is 116 Å². The largest absolute Gasteiger partial charge is 0.373 e. The first-order valence-corrected chi connectivity index (χ1v) is 6.16. The Balaban J connectivity index is 2.02. The molecule has 2 aromatic heterocycles. The van der Waals surface area contributed by atoms with Crippen LogP contribution in [0.15, 0.2) is 36.7 Å². The van der Waals surface area contributed by atoms with Crippen LogP contribution in [-0.2, 0) is 6.42 Å². The van der Waals surface area contributed by atoms with E-state index in [0.717, 1.165) is 12.0 Å². The predicted octanol–water partition coefficient (Wildman–Crippen LogP) is 2.08. The topological polar surface area (TPSA) is 93.0 Å². The maximum atomic E-state index is 10.8. The van der Waals surface area contributed by atoms with E-state index >= 15 is 0 Å². The molecule has 2 aromatic rings. The van der Waals surface area contributed by atoms with Crippen LogP contribution in [0.4, 0.5) is 17.3 Å². The highest BCUT2D eigenvalue weighted by Gasteiger charge is 2.10. The number of pyridine rings is 2. The van der Waals surface area contributed by atoms with E-state index in [2.05, 4.69) is 20.6 Å². The van der Waals surface area contributed by atoms with Gasteiger partial charge in [-0.1, -0.05) is 6.07 Å². The van der Waals surface area contributed by atoms with Crippen LogP contribution in [0.25, 0.3) is 0 Å². The van der Waals surface area contributed by atoms with Gasteiger partial charge in [0.2, 0.25) is 0 Å². The first-order valence-electron chi connectivity index (χ1n) is 6.16. The van der Waals surface area contributed by atoms with Gasteiger partial charge in [-0.05, 0) is 18.1 Å². The van der Waals surface area contributed by atoms with Crippen LogP contribution >= 0.6 is 0 Å². The van der Waals surface area contributed by atoms with Crippen molar-refractivity contribution in [2.75, 3.05) is 24.2 Å². The average molecular weight is 273 g/mol. The molecule has 7 heteroatoms. The molecule has 0 saturated carbocycles. The second-order valence-electron chi connectivity index (χ2n) is 4.14. The van der Waals surface area contributed by atoms with E-state index in [1.54, 1.807) is 19.4 Å². The normalized spacial score (nSPS) is 10.1. The second-order valence-corrected chi connectivity index (χ2v) is 4.14. The molecule has 0 saturated heterocycles. The molecule has 104 valence electrons. The molecule has 2 rings (SSSR count). The number of hydrogen-bond donors (Lipinski definition) is 2. The summed E-state index contributed by atoms with van der Waals surface area (Å²) in [4.78, 5) is 18.7. The summed E-state index contributed by atoms with van der Waals surface area (Å²) in [6, 6.07) is 6.67. The number of hydrogen-bond acceptors (Lipinski definition) is 6. The summed E-state index contributed by atoms with van der Waals surface area (Å²) in [5, 5.41) is 16.7. The number of nitrogens with zero attached hydrogens (tertiary/aromatic N) is 3. The Kier molecular flexibility index (Phi) is 4.43. The van der Waals surface area contributed by atoms with Crippen LogP contribution in [-0.4, -0.2) is 28.5 Å². The van der Waals surface area contributed by atoms with E-state index < -0.39 is 4.92 Å². The van der Waals surface area contributed by atoms with Crippen LogP contribution in [0.1, 0.15) is 5.56 Å². The molecule has 0 bridgehead atoms. The van der Waals surface area contributed by atoms with E-state index in [-0.39, 0.29) is 5.69 Å². The molecular weight excluding hydrogens is 258 g/mol. The minimum Gasteiger partial charge on any atom is -0.373 e. The van der Waals surface area contributed by atoms with Crippen LogP contribution < -0.4 is 10.6 Å². The van der Waals surface area contributed by atoms with Crippen molar-refractivity contribution in [1.29, 1.82) is 0 Å². The van der Waals surface area contributed by atoms with Crippen LogP contribution in [0, 0.1) is 10.1 Å². The quantitative estimate of drug-likeness (QED) is 0.618.